The van der Waals surface area contributed by atoms with Crippen molar-refractivity contribution in [2.75, 3.05) is 18.4 Å². The molecule has 0 aliphatic rings. The Morgan fingerprint density at radius 1 is 1.07 bits per heavy atom. The summed E-state index contributed by atoms with van der Waals surface area (Å²) in [6, 6.07) is 21.4. The van der Waals surface area contributed by atoms with Gasteiger partial charge < -0.3 is 10.6 Å². The third-order valence-electron chi connectivity index (χ3n) is 4.41. The number of aromatic nitrogens is 1. The van der Waals surface area contributed by atoms with Gasteiger partial charge in [0.25, 0.3) is 5.91 Å². The van der Waals surface area contributed by atoms with E-state index in [2.05, 4.69) is 33.2 Å². The summed E-state index contributed by atoms with van der Waals surface area (Å²) in [5.41, 5.74) is 1.56. The summed E-state index contributed by atoms with van der Waals surface area (Å²) in [6.07, 6.45) is 0.806. The molecule has 0 saturated heterocycles. The maximum atomic E-state index is 12.4. The summed E-state index contributed by atoms with van der Waals surface area (Å²) < 4.78 is 5.61. The number of hydrogen-bond acceptors (Lipinski definition) is 6. The third-order valence-corrected chi connectivity index (χ3v) is 6.37. The number of amides is 1. The third kappa shape index (κ3) is 4.45. The molecule has 4 rings (SSSR count). The Labute approximate surface area is 176 Å². The van der Waals surface area contributed by atoms with Crippen LogP contribution >= 0.6 is 22.9 Å². The minimum absolute atomic E-state index is 0.0724. The van der Waals surface area contributed by atoms with E-state index < -0.39 is 0 Å². The number of hydrogen-bond donors (Lipinski definition) is 2. The molecule has 2 aromatic carbocycles. The molecule has 0 spiro atoms. The number of benzene rings is 2. The molecule has 2 heterocycles. The fourth-order valence-electron chi connectivity index (χ4n) is 2.95. The number of carbonyl (C=O) groups is 1. The smallest absolute Gasteiger partial charge is 0.261 e. The summed E-state index contributed by atoms with van der Waals surface area (Å²) in [5, 5.41) is 16.5. The normalized spacial score (nSPS) is 10.6. The molecule has 2 aromatic heterocycles. The van der Waals surface area contributed by atoms with Gasteiger partial charge in [-0.25, -0.2) is 0 Å². The minimum atomic E-state index is -0.0724. The van der Waals surface area contributed by atoms with Crippen LogP contribution in [0.2, 0.25) is 0 Å². The first kappa shape index (κ1) is 19.1. The Morgan fingerprint density at radius 2 is 1.97 bits per heavy atom. The van der Waals surface area contributed by atoms with Crippen LogP contribution in [-0.2, 0) is 0 Å². The zero-order valence-corrected chi connectivity index (χ0v) is 17.1. The Kier molecular flexibility index (Phi) is 5.84. The van der Waals surface area contributed by atoms with Crippen molar-refractivity contribution in [2.24, 2.45) is 0 Å². The highest BCUT2D eigenvalue weighted by atomic mass is 32.1. The van der Waals surface area contributed by atoms with Crippen LogP contribution in [0.4, 0.5) is 5.82 Å². The Bertz CT molecular complexity index is 1190. The van der Waals surface area contributed by atoms with E-state index >= 15 is 0 Å². The molecule has 0 unspecified atom stereocenters. The van der Waals surface area contributed by atoms with Crippen molar-refractivity contribution in [3.8, 4) is 16.5 Å². The fourth-order valence-corrected chi connectivity index (χ4v) is 4.63. The zero-order chi connectivity index (χ0) is 20.1. The quantitative estimate of drug-likeness (QED) is 0.408. The van der Waals surface area contributed by atoms with Gasteiger partial charge in [0.05, 0.1) is 21.2 Å². The van der Waals surface area contributed by atoms with Gasteiger partial charge in [0.1, 0.15) is 5.82 Å². The van der Waals surface area contributed by atoms with Crippen LogP contribution < -0.4 is 10.6 Å². The van der Waals surface area contributed by atoms with Gasteiger partial charge in [-0.3, -0.25) is 4.79 Å². The average Bonchev–Trinajstić information content (AvgIpc) is 3.41. The molecule has 1 amide bonds. The molecule has 0 bridgehead atoms. The van der Waals surface area contributed by atoms with E-state index in [0.717, 1.165) is 39.3 Å². The van der Waals surface area contributed by atoms with Crippen LogP contribution in [0.15, 0.2) is 60.7 Å². The molecule has 0 saturated carbocycles. The Morgan fingerprint density at radius 3 is 2.86 bits per heavy atom. The number of nitrogens with one attached hydrogen (secondary N) is 2. The molecule has 0 atom stereocenters. The van der Waals surface area contributed by atoms with Gasteiger partial charge in [-0.15, -0.1) is 11.3 Å². The average molecular weight is 419 g/mol. The first-order valence-corrected chi connectivity index (χ1v) is 10.8. The molecule has 144 valence electrons. The molecule has 0 aliphatic carbocycles. The summed E-state index contributed by atoms with van der Waals surface area (Å²) in [6.45, 7) is 1.33. The van der Waals surface area contributed by atoms with Crippen LogP contribution in [0.3, 0.4) is 0 Å². The standard InChI is InChI=1S/C22H18N4OS2/c23-14-15-5-3-6-16(13-15)18-9-10-20(28-18)22(27)25-12-4-11-24-21-17-7-1-2-8-19(17)29-26-21/h1-3,5-10,13H,4,11-12H2,(H,24,26)(H,25,27). The lowest BCUT2D eigenvalue weighted by Gasteiger charge is -2.05. The summed E-state index contributed by atoms with van der Waals surface area (Å²) in [5.74, 6) is 0.830. The van der Waals surface area contributed by atoms with Crippen LogP contribution in [0.1, 0.15) is 21.7 Å². The van der Waals surface area contributed by atoms with E-state index in [0.29, 0.717) is 17.0 Å². The van der Waals surface area contributed by atoms with Gasteiger partial charge in [-0.2, -0.15) is 9.64 Å². The first-order valence-electron chi connectivity index (χ1n) is 9.21. The number of nitrogens with zero attached hydrogens (tertiary/aromatic N) is 2. The van der Waals surface area contributed by atoms with Crippen LogP contribution in [0.5, 0.6) is 0 Å². The monoisotopic (exact) mass is 418 g/mol. The van der Waals surface area contributed by atoms with Crippen molar-refractivity contribution in [1.82, 2.24) is 9.69 Å². The highest BCUT2D eigenvalue weighted by Gasteiger charge is 2.10. The van der Waals surface area contributed by atoms with Gasteiger partial charge in [-0.05, 0) is 59.9 Å². The SMILES string of the molecule is N#Cc1cccc(-c2ccc(C(=O)NCCCNc3nsc4ccccc34)s2)c1. The van der Waals surface area contributed by atoms with E-state index in [9.17, 15) is 4.79 Å². The second-order valence-corrected chi connectivity index (χ2v) is 8.31. The zero-order valence-electron chi connectivity index (χ0n) is 15.5. The minimum Gasteiger partial charge on any atom is -0.369 e. The number of thiophene rings is 1. The van der Waals surface area contributed by atoms with Gasteiger partial charge >= 0.3 is 0 Å². The summed E-state index contributed by atoms with van der Waals surface area (Å²) in [7, 11) is 0. The lowest BCUT2D eigenvalue weighted by molar-refractivity contribution is 0.0957. The van der Waals surface area contributed by atoms with Crippen molar-refractivity contribution in [2.45, 2.75) is 6.42 Å². The number of fused-ring (bicyclic) bond motifs is 1. The highest BCUT2D eigenvalue weighted by Crippen LogP contribution is 2.29. The summed E-state index contributed by atoms with van der Waals surface area (Å²) >= 11 is 2.91. The lowest BCUT2D eigenvalue weighted by atomic mass is 10.1. The lowest BCUT2D eigenvalue weighted by Crippen LogP contribution is -2.25. The van der Waals surface area contributed by atoms with E-state index in [-0.39, 0.29) is 5.91 Å². The predicted octanol–water partition coefficient (Wildman–Crippen LogP) is 5.13. The van der Waals surface area contributed by atoms with Crippen LogP contribution in [0, 0.1) is 11.3 Å². The molecular weight excluding hydrogens is 400 g/mol. The second-order valence-electron chi connectivity index (χ2n) is 6.42. The molecule has 2 N–H and O–H groups in total. The van der Waals surface area contributed by atoms with Crippen molar-refractivity contribution >= 4 is 44.7 Å². The molecular formula is C22H18N4OS2. The highest BCUT2D eigenvalue weighted by molar-refractivity contribution is 7.17. The first-order chi connectivity index (χ1) is 14.2. The van der Waals surface area contributed by atoms with Crippen molar-refractivity contribution in [1.29, 1.82) is 5.26 Å². The summed E-state index contributed by atoms with van der Waals surface area (Å²) in [4.78, 5) is 14.0. The molecule has 0 radical (unpaired) electrons. The topological polar surface area (TPSA) is 77.8 Å². The largest absolute Gasteiger partial charge is 0.369 e. The Hall–Kier alpha value is -3.21. The van der Waals surface area contributed by atoms with E-state index in [1.165, 1.54) is 22.9 Å². The second kappa shape index (κ2) is 8.86. The van der Waals surface area contributed by atoms with Crippen LogP contribution in [-0.4, -0.2) is 23.4 Å². The van der Waals surface area contributed by atoms with E-state index in [1.54, 1.807) is 6.07 Å². The molecule has 0 aliphatic heterocycles. The number of nitriles is 1. The van der Waals surface area contributed by atoms with Gasteiger partial charge in [0.15, 0.2) is 0 Å². The van der Waals surface area contributed by atoms with Crippen molar-refractivity contribution in [3.63, 3.8) is 0 Å². The Balaban J connectivity index is 1.27. The predicted molar refractivity (Wildman–Crippen MR) is 120 cm³/mol. The maximum absolute atomic E-state index is 12.4. The molecule has 0 fully saturated rings. The van der Waals surface area contributed by atoms with Crippen LogP contribution in [0.25, 0.3) is 20.5 Å². The van der Waals surface area contributed by atoms with E-state index in [4.69, 9.17) is 5.26 Å². The number of anilines is 1. The number of rotatable bonds is 7. The fraction of sp³-hybridized carbons (Fsp3) is 0.136. The van der Waals surface area contributed by atoms with Gasteiger partial charge in [0, 0.05) is 23.4 Å². The van der Waals surface area contributed by atoms with E-state index in [1.807, 2.05) is 42.5 Å². The van der Waals surface area contributed by atoms with Crippen molar-refractivity contribution in [3.05, 3.63) is 71.1 Å². The maximum Gasteiger partial charge on any atom is 0.261 e. The molecule has 7 heteroatoms. The van der Waals surface area contributed by atoms with Gasteiger partial charge in [-0.1, -0.05) is 24.3 Å². The number of carbonyl (C=O) groups excluding carboxylic acids is 1. The van der Waals surface area contributed by atoms with Gasteiger partial charge in [0.2, 0.25) is 0 Å². The molecule has 4 aromatic rings. The van der Waals surface area contributed by atoms with Crippen molar-refractivity contribution < 1.29 is 4.79 Å². The molecule has 5 nitrogen and oxygen atoms in total. The molecule has 29 heavy (non-hydrogen) atoms.